The maximum Gasteiger partial charge on any atom is 0.160 e. The normalized spacial score (nSPS) is 15.4. The number of halogens is 1. The summed E-state index contributed by atoms with van der Waals surface area (Å²) in [5.41, 5.74) is 5.20. The van der Waals surface area contributed by atoms with E-state index in [-0.39, 0.29) is 0 Å². The van der Waals surface area contributed by atoms with Gasteiger partial charge in [0.15, 0.2) is 5.58 Å². The quantitative estimate of drug-likeness (QED) is 0.249. The van der Waals surface area contributed by atoms with Crippen molar-refractivity contribution in [3.05, 3.63) is 84.9 Å². The molecule has 2 nitrogen and oxygen atoms in total. The molecule has 0 saturated carbocycles. The Labute approximate surface area is 178 Å². The van der Waals surface area contributed by atoms with Crippen LogP contribution in [0.25, 0.3) is 54.6 Å². The second kappa shape index (κ2) is 5.98. The molecule has 142 valence electrons. The number of para-hydroxylation sites is 1. The molecule has 2 heterocycles. The summed E-state index contributed by atoms with van der Waals surface area (Å²) in [6.07, 6.45) is 0. The number of benzene rings is 5. The lowest BCUT2D eigenvalue weighted by molar-refractivity contribution is 0.670. The first kappa shape index (κ1) is 16.7. The predicted octanol–water partition coefficient (Wildman–Crippen LogP) is 8.16. The topological polar surface area (TPSA) is 25.2 Å². The van der Waals surface area contributed by atoms with Crippen molar-refractivity contribution in [1.29, 1.82) is 0 Å². The zero-order valence-electron chi connectivity index (χ0n) is 15.8. The molecule has 1 N–H and O–H groups in total. The average Bonchev–Trinajstić information content (AvgIpc) is 3.19. The van der Waals surface area contributed by atoms with Gasteiger partial charge in [0.25, 0.3) is 0 Å². The molecule has 4 heteroatoms. The summed E-state index contributed by atoms with van der Waals surface area (Å²) in [5, 5.41) is 11.9. The van der Waals surface area contributed by atoms with Gasteiger partial charge >= 0.3 is 0 Å². The predicted molar refractivity (Wildman–Crippen MR) is 130 cm³/mol. The van der Waals surface area contributed by atoms with Crippen LogP contribution >= 0.6 is 18.7 Å². The highest BCUT2D eigenvalue weighted by Gasteiger charge is 2.30. The second-order valence-electron chi connectivity index (χ2n) is 7.67. The van der Waals surface area contributed by atoms with Crippen LogP contribution in [0.15, 0.2) is 89.3 Å². The van der Waals surface area contributed by atoms with Gasteiger partial charge < -0.3 is 9.50 Å². The summed E-state index contributed by atoms with van der Waals surface area (Å²) in [7, 11) is -1.06. The van der Waals surface area contributed by atoms with E-state index in [0.717, 1.165) is 27.6 Å². The largest absolute Gasteiger partial charge is 0.454 e. The Morgan fingerprint density at radius 1 is 0.667 bits per heavy atom. The van der Waals surface area contributed by atoms with Crippen molar-refractivity contribution in [2.75, 3.05) is 5.09 Å². The number of hydrogen-bond acceptors (Lipinski definition) is 2. The lowest BCUT2D eigenvalue weighted by atomic mass is 9.90. The van der Waals surface area contributed by atoms with Crippen LogP contribution in [0.3, 0.4) is 0 Å². The van der Waals surface area contributed by atoms with Crippen LogP contribution in [-0.4, -0.2) is 0 Å². The van der Waals surface area contributed by atoms with Crippen molar-refractivity contribution in [3.8, 4) is 11.1 Å². The molecule has 0 bridgehead atoms. The molecule has 0 radical (unpaired) electrons. The monoisotopic (exact) mass is 423 g/mol. The fraction of sp³-hybridized carbons (Fsp3) is 0. The van der Waals surface area contributed by atoms with Crippen LogP contribution in [0.4, 0.5) is 5.69 Å². The Morgan fingerprint density at radius 3 is 2.23 bits per heavy atom. The maximum atomic E-state index is 6.94. The molecule has 7 rings (SSSR count). The standard InChI is InChI=1S/C26H15ClNOP/c27-30-21-14-13-15-7-1-2-8-16(15)23(21)24-18-10-4-3-9-17(18)22-19-11-5-6-12-20(19)29-26(22)25(24)28-30/h1-14,28H. The molecule has 0 saturated heterocycles. The number of furan rings is 1. The molecule has 0 fully saturated rings. The first-order valence-electron chi connectivity index (χ1n) is 9.92. The fourth-order valence-electron chi connectivity index (χ4n) is 4.87. The Balaban J connectivity index is 1.78. The summed E-state index contributed by atoms with van der Waals surface area (Å²) < 4.78 is 6.42. The Hall–Kier alpha value is -3.06. The third-order valence-electron chi connectivity index (χ3n) is 6.12. The molecular weight excluding hydrogens is 409 g/mol. The molecule has 0 spiro atoms. The Bertz CT molecular complexity index is 1650. The molecule has 1 aromatic heterocycles. The van der Waals surface area contributed by atoms with E-state index in [0.29, 0.717) is 0 Å². The molecule has 0 aliphatic carbocycles. The van der Waals surface area contributed by atoms with Gasteiger partial charge in [0.05, 0.1) is 5.69 Å². The minimum Gasteiger partial charge on any atom is -0.454 e. The minimum absolute atomic E-state index is 0.886. The number of rotatable bonds is 0. The van der Waals surface area contributed by atoms with Gasteiger partial charge in [0.1, 0.15) is 13.0 Å². The van der Waals surface area contributed by atoms with Crippen molar-refractivity contribution in [1.82, 2.24) is 0 Å². The zero-order valence-corrected chi connectivity index (χ0v) is 17.5. The van der Waals surface area contributed by atoms with Crippen LogP contribution in [0, 0.1) is 0 Å². The summed E-state index contributed by atoms with van der Waals surface area (Å²) in [4.78, 5) is 0. The van der Waals surface area contributed by atoms with Gasteiger partial charge in [-0.3, -0.25) is 0 Å². The van der Waals surface area contributed by atoms with E-state index in [1.807, 2.05) is 12.1 Å². The lowest BCUT2D eigenvalue weighted by Crippen LogP contribution is -2.14. The van der Waals surface area contributed by atoms with Gasteiger partial charge in [-0.25, -0.2) is 0 Å². The summed E-state index contributed by atoms with van der Waals surface area (Å²) >= 11 is 6.94. The van der Waals surface area contributed by atoms with Crippen molar-refractivity contribution in [2.24, 2.45) is 0 Å². The Morgan fingerprint density at radius 2 is 1.37 bits per heavy atom. The molecule has 0 amide bonds. The van der Waals surface area contributed by atoms with E-state index in [2.05, 4.69) is 77.9 Å². The number of nitrogens with one attached hydrogen (secondary N) is 1. The first-order chi connectivity index (χ1) is 14.8. The number of fused-ring (bicyclic) bond motifs is 12. The zero-order chi connectivity index (χ0) is 19.8. The van der Waals surface area contributed by atoms with Gasteiger partial charge in [-0.15, -0.1) is 0 Å². The number of anilines is 1. The van der Waals surface area contributed by atoms with E-state index < -0.39 is 7.43 Å². The van der Waals surface area contributed by atoms with Crippen LogP contribution in [-0.2, 0) is 0 Å². The van der Waals surface area contributed by atoms with Gasteiger partial charge in [-0.2, -0.15) is 0 Å². The van der Waals surface area contributed by atoms with Crippen molar-refractivity contribution in [3.63, 3.8) is 0 Å². The van der Waals surface area contributed by atoms with E-state index in [9.17, 15) is 0 Å². The van der Waals surface area contributed by atoms with Crippen molar-refractivity contribution >= 4 is 73.1 Å². The van der Waals surface area contributed by atoms with Crippen molar-refractivity contribution in [2.45, 2.75) is 0 Å². The minimum atomic E-state index is -1.06. The van der Waals surface area contributed by atoms with Crippen LogP contribution in [0.1, 0.15) is 0 Å². The third kappa shape index (κ3) is 2.08. The van der Waals surface area contributed by atoms with Crippen LogP contribution in [0.2, 0.25) is 0 Å². The van der Waals surface area contributed by atoms with Crippen LogP contribution in [0.5, 0.6) is 0 Å². The van der Waals surface area contributed by atoms with E-state index in [1.165, 1.54) is 38.0 Å². The van der Waals surface area contributed by atoms with E-state index >= 15 is 0 Å². The highest BCUT2D eigenvalue weighted by atomic mass is 35.7. The fourth-order valence-corrected chi connectivity index (χ4v) is 6.71. The van der Waals surface area contributed by atoms with Crippen LogP contribution < -0.4 is 10.4 Å². The molecule has 5 aromatic carbocycles. The second-order valence-corrected chi connectivity index (χ2v) is 9.95. The van der Waals surface area contributed by atoms with Gasteiger partial charge in [-0.1, -0.05) is 90.1 Å². The summed E-state index contributed by atoms with van der Waals surface area (Å²) in [5.74, 6) is 0. The maximum absolute atomic E-state index is 6.94. The Kier molecular flexibility index (Phi) is 3.33. The first-order valence-corrected chi connectivity index (χ1v) is 12.2. The smallest absolute Gasteiger partial charge is 0.160 e. The SMILES string of the molecule is ClP1Nc2c(c3ccccc3c3c2oc2ccccc23)-c2c1ccc1ccccc21. The molecule has 1 aliphatic heterocycles. The summed E-state index contributed by atoms with van der Waals surface area (Å²) in [6.45, 7) is 0. The molecule has 1 atom stereocenters. The highest BCUT2D eigenvalue weighted by Crippen LogP contribution is 2.56. The van der Waals surface area contributed by atoms with Gasteiger partial charge in [-0.05, 0) is 27.6 Å². The summed E-state index contributed by atoms with van der Waals surface area (Å²) in [6, 6.07) is 29.8. The molecular formula is C26H15ClNOP. The number of hydrogen-bond donors (Lipinski definition) is 1. The van der Waals surface area contributed by atoms with Gasteiger partial charge in [0.2, 0.25) is 0 Å². The van der Waals surface area contributed by atoms with Gasteiger partial charge in [0, 0.05) is 27.2 Å². The van der Waals surface area contributed by atoms with E-state index in [4.69, 9.17) is 15.7 Å². The average molecular weight is 424 g/mol. The molecule has 1 aliphatic rings. The third-order valence-corrected chi connectivity index (χ3v) is 8.13. The van der Waals surface area contributed by atoms with Crippen molar-refractivity contribution < 1.29 is 4.42 Å². The van der Waals surface area contributed by atoms with E-state index in [1.54, 1.807) is 0 Å². The molecule has 30 heavy (non-hydrogen) atoms. The molecule has 1 unspecified atom stereocenters. The molecule has 6 aromatic rings. The lowest BCUT2D eigenvalue weighted by Gasteiger charge is -2.28. The highest BCUT2D eigenvalue weighted by molar-refractivity contribution is 7.91.